The van der Waals surface area contributed by atoms with Crippen molar-refractivity contribution in [3.63, 3.8) is 0 Å². The number of hydrogen-bond donors (Lipinski definition) is 1. The van der Waals surface area contributed by atoms with Crippen LogP contribution in [0, 0.1) is 11.8 Å². The molecule has 0 bridgehead atoms. The van der Waals surface area contributed by atoms with Crippen molar-refractivity contribution < 1.29 is 14.3 Å². The van der Waals surface area contributed by atoms with Crippen LogP contribution >= 0.6 is 0 Å². The zero-order chi connectivity index (χ0) is 22.6. The summed E-state index contributed by atoms with van der Waals surface area (Å²) in [4.78, 5) is 13.6. The average molecular weight is 442 g/mol. The first-order chi connectivity index (χ1) is 12.9. The second-order valence-electron chi connectivity index (χ2n) is 12.7. The van der Waals surface area contributed by atoms with Crippen LogP contribution < -0.4 is 0 Å². The Balaban J connectivity index is 2.32. The maximum atomic E-state index is 13.6. The van der Waals surface area contributed by atoms with Crippen molar-refractivity contribution in [3.05, 3.63) is 0 Å². The largest absolute Gasteiger partial charge is 0.413 e. The fourth-order valence-electron chi connectivity index (χ4n) is 4.68. The molecule has 1 saturated carbocycles. The zero-order valence-electron chi connectivity index (χ0n) is 20.9. The summed E-state index contributed by atoms with van der Waals surface area (Å²) in [7, 11) is -3.89. The highest BCUT2D eigenvalue weighted by Crippen LogP contribution is 2.50. The van der Waals surface area contributed by atoms with Gasteiger partial charge >= 0.3 is 0 Å². The number of aliphatic hydroxyl groups is 1. The predicted molar refractivity (Wildman–Crippen MR) is 127 cm³/mol. The number of amides is 1. The maximum absolute atomic E-state index is 13.6. The summed E-state index contributed by atoms with van der Waals surface area (Å²) in [6.07, 6.45) is 3.57. The molecule has 0 aromatic rings. The van der Waals surface area contributed by atoms with Crippen LogP contribution in [0.5, 0.6) is 0 Å². The third-order valence-corrected chi connectivity index (χ3v) is 18.6. The number of carbonyl (C=O) groups excluding carboxylic acids is 1. The van der Waals surface area contributed by atoms with Crippen molar-refractivity contribution in [2.75, 3.05) is 0 Å². The van der Waals surface area contributed by atoms with Crippen molar-refractivity contribution in [1.29, 1.82) is 0 Å². The Bertz CT molecular complexity index is 598. The van der Waals surface area contributed by atoms with Crippen molar-refractivity contribution in [2.45, 2.75) is 129 Å². The third kappa shape index (κ3) is 4.70. The first kappa shape index (κ1) is 25.1. The van der Waals surface area contributed by atoms with E-state index in [-0.39, 0.29) is 34.2 Å². The molecule has 1 aliphatic heterocycles. The van der Waals surface area contributed by atoms with Gasteiger partial charge < -0.3 is 14.1 Å². The van der Waals surface area contributed by atoms with E-state index in [9.17, 15) is 9.90 Å². The molecule has 0 radical (unpaired) electrons. The predicted octanol–water partition coefficient (Wildman–Crippen LogP) is 5.78. The van der Waals surface area contributed by atoms with Gasteiger partial charge in [-0.1, -0.05) is 54.6 Å². The van der Waals surface area contributed by atoms with Crippen LogP contribution in [0.4, 0.5) is 0 Å². The molecule has 1 N–H and O–H groups in total. The molecule has 2 rings (SSSR count). The van der Waals surface area contributed by atoms with E-state index in [1.54, 1.807) is 0 Å². The molecule has 2 fully saturated rings. The van der Waals surface area contributed by atoms with E-state index in [1.807, 2.05) is 0 Å². The lowest BCUT2D eigenvalue weighted by atomic mass is 9.72. The van der Waals surface area contributed by atoms with Gasteiger partial charge in [-0.15, -0.1) is 0 Å². The van der Waals surface area contributed by atoms with Crippen molar-refractivity contribution >= 4 is 22.5 Å². The number of rotatable bonds is 5. The zero-order valence-corrected chi connectivity index (χ0v) is 22.9. The molecule has 1 heterocycles. The minimum Gasteiger partial charge on any atom is -0.413 e. The smallest absolute Gasteiger partial charge is 0.222 e. The van der Waals surface area contributed by atoms with Crippen LogP contribution in [0.15, 0.2) is 0 Å². The van der Waals surface area contributed by atoms with E-state index in [0.29, 0.717) is 11.8 Å². The summed E-state index contributed by atoms with van der Waals surface area (Å²) in [6, 6.07) is 0.274. The van der Waals surface area contributed by atoms with Gasteiger partial charge in [0, 0.05) is 6.04 Å². The highest BCUT2D eigenvalue weighted by atomic mass is 28.4. The van der Waals surface area contributed by atoms with Gasteiger partial charge in [0.15, 0.2) is 16.6 Å². The quantitative estimate of drug-likeness (QED) is 0.434. The Labute approximate surface area is 182 Å². The van der Waals surface area contributed by atoms with Crippen LogP contribution in [-0.4, -0.2) is 50.4 Å². The second kappa shape index (κ2) is 8.06. The molecule has 0 unspecified atom stereocenters. The molecule has 0 spiro atoms. The molecule has 29 heavy (non-hydrogen) atoms. The van der Waals surface area contributed by atoms with Gasteiger partial charge in [0.05, 0.1) is 18.1 Å². The minimum absolute atomic E-state index is 0.0292. The lowest BCUT2D eigenvalue weighted by molar-refractivity contribution is -0.159. The van der Waals surface area contributed by atoms with Gasteiger partial charge in [0.25, 0.3) is 0 Å². The van der Waals surface area contributed by atoms with Crippen LogP contribution in [-0.2, 0) is 9.22 Å². The first-order valence-corrected chi connectivity index (χ1v) is 17.5. The molecular formula is C23H47NO3Si2. The van der Waals surface area contributed by atoms with Crippen LogP contribution in [0.1, 0.15) is 74.1 Å². The number of nitrogens with zero attached hydrogens (tertiary/aromatic N) is 1. The summed E-state index contributed by atoms with van der Waals surface area (Å²) in [5.41, 5.74) is 0. The van der Waals surface area contributed by atoms with Crippen LogP contribution in [0.2, 0.25) is 36.3 Å². The Morgan fingerprint density at radius 1 is 0.966 bits per heavy atom. The van der Waals surface area contributed by atoms with E-state index in [0.717, 1.165) is 25.7 Å². The molecule has 0 aromatic carbocycles. The van der Waals surface area contributed by atoms with E-state index in [1.165, 1.54) is 0 Å². The SMILES string of the molecule is C[C@@H](O[Si](C)(C)C(C)(C)C)[C@H]1C(=O)N([Si](C)(C)C(C)(C)C)[C@@H]1C1CCC(O)CC1. The van der Waals surface area contributed by atoms with Crippen molar-refractivity contribution in [2.24, 2.45) is 11.8 Å². The standard InChI is InChI=1S/C23H47NO3Si2/c1-16(27-29(10,11)23(5,6)7)19-20(17-12-14-18(25)15-13-17)24(21(19)26)28(8,9)22(2,3)4/h16-20,25H,12-15H2,1-11H3/t16-,17?,18?,19-,20-/m1/s1. The third-order valence-electron chi connectivity index (χ3n) is 8.64. The summed E-state index contributed by atoms with van der Waals surface area (Å²) < 4.78 is 9.05. The van der Waals surface area contributed by atoms with E-state index in [2.05, 4.69) is 79.2 Å². The number of β-lactam (4-membered cyclic amide) rings is 1. The highest BCUT2D eigenvalue weighted by Gasteiger charge is 2.61. The lowest BCUT2D eigenvalue weighted by Crippen LogP contribution is -2.76. The molecule has 2 aliphatic rings. The van der Waals surface area contributed by atoms with Gasteiger partial charge in [-0.2, -0.15) is 0 Å². The van der Waals surface area contributed by atoms with Gasteiger partial charge in [-0.3, -0.25) is 4.79 Å². The summed E-state index contributed by atoms with van der Waals surface area (Å²) in [6.45, 7) is 25.1. The number of carbonyl (C=O) groups is 1. The summed E-state index contributed by atoms with van der Waals surface area (Å²) in [5.74, 6) is 0.776. The summed E-state index contributed by atoms with van der Waals surface area (Å²) >= 11 is 0. The Hall–Kier alpha value is -0.176. The number of hydrogen-bond acceptors (Lipinski definition) is 3. The Morgan fingerprint density at radius 2 is 1.45 bits per heavy atom. The van der Waals surface area contributed by atoms with Gasteiger partial charge in [-0.05, 0) is 61.7 Å². The normalized spacial score (nSPS) is 30.9. The van der Waals surface area contributed by atoms with E-state index in [4.69, 9.17) is 4.43 Å². The van der Waals surface area contributed by atoms with Gasteiger partial charge in [-0.25, -0.2) is 0 Å². The van der Waals surface area contributed by atoms with Crippen molar-refractivity contribution in [1.82, 2.24) is 4.57 Å². The van der Waals surface area contributed by atoms with E-state index < -0.39 is 16.6 Å². The van der Waals surface area contributed by atoms with Crippen LogP contribution in [0.25, 0.3) is 0 Å². The minimum atomic E-state index is -1.95. The molecule has 1 aliphatic carbocycles. The van der Waals surface area contributed by atoms with Gasteiger partial charge in [0.2, 0.25) is 5.91 Å². The molecular weight excluding hydrogens is 394 g/mol. The topological polar surface area (TPSA) is 49.8 Å². The maximum Gasteiger partial charge on any atom is 0.222 e. The van der Waals surface area contributed by atoms with E-state index >= 15 is 0 Å². The van der Waals surface area contributed by atoms with Crippen molar-refractivity contribution in [3.8, 4) is 0 Å². The fourth-order valence-corrected chi connectivity index (χ4v) is 8.65. The second-order valence-corrected chi connectivity index (χ2v) is 22.5. The van der Waals surface area contributed by atoms with Gasteiger partial charge in [0.1, 0.15) is 0 Å². The molecule has 0 aromatic heterocycles. The lowest BCUT2D eigenvalue weighted by Gasteiger charge is -2.62. The molecule has 1 saturated heterocycles. The Morgan fingerprint density at radius 3 is 1.86 bits per heavy atom. The molecule has 4 nitrogen and oxygen atoms in total. The molecule has 1 amide bonds. The molecule has 6 heteroatoms. The monoisotopic (exact) mass is 441 g/mol. The molecule has 170 valence electrons. The fraction of sp³-hybridized carbons (Fsp3) is 0.957. The number of aliphatic hydroxyl groups excluding tert-OH is 1. The van der Waals surface area contributed by atoms with Crippen LogP contribution in [0.3, 0.4) is 0 Å². The Kier molecular flexibility index (Phi) is 6.98. The highest BCUT2D eigenvalue weighted by molar-refractivity contribution is 6.80. The average Bonchev–Trinajstić information content (AvgIpc) is 2.50. The molecule has 3 atom stereocenters. The first-order valence-electron chi connectivity index (χ1n) is 11.6. The summed E-state index contributed by atoms with van der Waals surface area (Å²) in [5, 5.41) is 10.3.